The zero-order valence-corrected chi connectivity index (χ0v) is 19.4. The van der Waals surface area contributed by atoms with Crippen molar-refractivity contribution in [1.29, 1.82) is 0 Å². The smallest absolute Gasteiger partial charge is 0.281 e. The molecule has 0 aliphatic heterocycles. The van der Waals surface area contributed by atoms with E-state index in [1.807, 2.05) is 30.3 Å². The number of nitrogens with one attached hydrogen (secondary N) is 1. The molecule has 3 aromatic carbocycles. The van der Waals surface area contributed by atoms with Crippen LogP contribution < -0.4 is 10.2 Å². The first kappa shape index (κ1) is 22.7. The molecular weight excluding hydrogens is 534 g/mol. The van der Waals surface area contributed by atoms with Crippen LogP contribution in [0.5, 0.6) is 11.5 Å². The van der Waals surface area contributed by atoms with Gasteiger partial charge in [0, 0.05) is 17.7 Å². The summed E-state index contributed by atoms with van der Waals surface area (Å²) < 4.78 is 6.77. The summed E-state index contributed by atoms with van der Waals surface area (Å²) in [6.45, 7) is 1.80. The highest BCUT2D eigenvalue weighted by Crippen LogP contribution is 2.34. The number of aromatic hydroxyl groups is 1. The third-order valence-corrected chi connectivity index (χ3v) is 5.85. The Labute approximate surface area is 194 Å². The molecule has 0 radical (unpaired) electrons. The minimum atomic E-state index is -0.819. The van der Waals surface area contributed by atoms with E-state index in [9.17, 15) is 20.0 Å². The van der Waals surface area contributed by atoms with Gasteiger partial charge in [-0.15, -0.1) is 0 Å². The minimum Gasteiger partial charge on any atom is -0.506 e. The summed E-state index contributed by atoms with van der Waals surface area (Å²) in [5, 5.41) is 26.8. The zero-order valence-electron chi connectivity index (χ0n) is 16.2. The van der Waals surface area contributed by atoms with E-state index in [2.05, 4.69) is 42.4 Å². The van der Waals surface area contributed by atoms with E-state index >= 15 is 0 Å². The number of carbonyl (C=O) groups is 1. The van der Waals surface area contributed by atoms with Gasteiger partial charge in [-0.05, 0) is 55.1 Å². The van der Waals surface area contributed by atoms with Crippen LogP contribution in [0.4, 0.5) is 5.69 Å². The van der Waals surface area contributed by atoms with Crippen LogP contribution in [0.15, 0.2) is 62.6 Å². The van der Waals surface area contributed by atoms with Gasteiger partial charge in [0.2, 0.25) is 0 Å². The van der Waals surface area contributed by atoms with Crippen LogP contribution in [0.25, 0.3) is 10.8 Å². The molecule has 8 nitrogen and oxygen atoms in total. The maximum Gasteiger partial charge on any atom is 0.281 e. The second kappa shape index (κ2) is 9.88. The lowest BCUT2D eigenvalue weighted by atomic mass is 10.1. The van der Waals surface area contributed by atoms with Crippen LogP contribution in [0.1, 0.15) is 18.9 Å². The van der Waals surface area contributed by atoms with E-state index in [4.69, 9.17) is 4.74 Å². The van der Waals surface area contributed by atoms with Gasteiger partial charge in [-0.3, -0.25) is 14.9 Å². The van der Waals surface area contributed by atoms with Gasteiger partial charge in [-0.2, -0.15) is 5.10 Å². The number of non-ortho nitro benzene ring substituents is 1. The molecule has 0 saturated carbocycles. The molecule has 160 valence electrons. The lowest BCUT2D eigenvalue weighted by Gasteiger charge is -2.17. The van der Waals surface area contributed by atoms with Gasteiger partial charge in [0.15, 0.2) is 6.10 Å². The number of hydrogen-bond acceptors (Lipinski definition) is 6. The first-order chi connectivity index (χ1) is 14.8. The third-order valence-electron chi connectivity index (χ3n) is 4.43. The number of carbonyl (C=O) groups excluding carboxylic acids is 1. The summed E-state index contributed by atoms with van der Waals surface area (Å²) in [6, 6.07) is 13.8. The molecule has 3 rings (SSSR count). The molecule has 0 saturated heterocycles. The molecule has 0 aliphatic rings. The summed E-state index contributed by atoms with van der Waals surface area (Å²) in [7, 11) is 0. The van der Waals surface area contributed by atoms with E-state index in [1.165, 1.54) is 6.07 Å². The molecule has 10 heteroatoms. The van der Waals surface area contributed by atoms with Crippen LogP contribution in [0.3, 0.4) is 0 Å². The van der Waals surface area contributed by atoms with Crippen molar-refractivity contribution in [1.82, 2.24) is 5.43 Å². The number of nitro groups is 1. The molecule has 31 heavy (non-hydrogen) atoms. The van der Waals surface area contributed by atoms with Crippen LogP contribution in [-0.2, 0) is 4.79 Å². The van der Waals surface area contributed by atoms with Crippen molar-refractivity contribution >= 4 is 60.4 Å². The molecule has 2 N–H and O–H groups in total. The standard InChI is InChI=1S/C21H17Br2N3O5/c1-2-17(31-18-8-7-12-5-3-4-6-15(12)19(18)23)21(28)25-24-11-13-9-14(26(29)30)10-16(22)20(13)27/h3-11,17,27H,2H2,1H3,(H,25,28)/b24-11+. The van der Waals surface area contributed by atoms with Gasteiger partial charge in [0.1, 0.15) is 11.5 Å². The maximum atomic E-state index is 12.5. The van der Waals surface area contributed by atoms with Crippen LogP contribution in [-0.4, -0.2) is 28.3 Å². The number of fused-ring (bicyclic) bond motifs is 1. The molecule has 1 amide bonds. The fraction of sp³-hybridized carbons (Fsp3) is 0.143. The van der Waals surface area contributed by atoms with Crippen molar-refractivity contribution in [2.24, 2.45) is 5.10 Å². The minimum absolute atomic E-state index is 0.0765. The zero-order chi connectivity index (χ0) is 22.5. The van der Waals surface area contributed by atoms with E-state index in [0.717, 1.165) is 27.5 Å². The summed E-state index contributed by atoms with van der Waals surface area (Å²) in [5.41, 5.74) is 2.20. The number of benzene rings is 3. The summed E-state index contributed by atoms with van der Waals surface area (Å²) in [6.07, 6.45) is 0.692. The lowest BCUT2D eigenvalue weighted by molar-refractivity contribution is -0.385. The van der Waals surface area contributed by atoms with E-state index < -0.39 is 16.9 Å². The molecule has 0 aromatic heterocycles. The number of phenols is 1. The maximum absolute atomic E-state index is 12.5. The van der Waals surface area contributed by atoms with Gasteiger partial charge < -0.3 is 9.84 Å². The van der Waals surface area contributed by atoms with Gasteiger partial charge in [-0.25, -0.2) is 5.43 Å². The number of nitrogens with zero attached hydrogens (tertiary/aromatic N) is 2. The predicted octanol–water partition coefficient (Wildman–Crippen LogP) is 5.29. The van der Waals surface area contributed by atoms with E-state index in [-0.39, 0.29) is 21.5 Å². The second-order valence-electron chi connectivity index (χ2n) is 6.47. The number of hydrazone groups is 1. The Kier molecular flexibility index (Phi) is 7.24. The van der Waals surface area contributed by atoms with Crippen LogP contribution in [0.2, 0.25) is 0 Å². The summed E-state index contributed by atoms with van der Waals surface area (Å²) in [5.74, 6) is -0.209. The van der Waals surface area contributed by atoms with Crippen molar-refractivity contribution in [2.45, 2.75) is 19.4 Å². The normalized spacial score (nSPS) is 12.1. The number of halogens is 2. The second-order valence-corrected chi connectivity index (χ2v) is 8.12. The Balaban J connectivity index is 1.74. The van der Waals surface area contributed by atoms with E-state index in [0.29, 0.717) is 12.2 Å². The Bertz CT molecular complexity index is 1180. The monoisotopic (exact) mass is 549 g/mol. The van der Waals surface area contributed by atoms with Crippen molar-refractivity contribution < 1.29 is 19.6 Å². The van der Waals surface area contributed by atoms with Gasteiger partial charge in [-0.1, -0.05) is 37.3 Å². The molecule has 1 unspecified atom stereocenters. The topological polar surface area (TPSA) is 114 Å². The van der Waals surface area contributed by atoms with E-state index in [1.54, 1.807) is 13.0 Å². The number of nitro benzene ring substituents is 1. The first-order valence-electron chi connectivity index (χ1n) is 9.15. The fourth-order valence-corrected chi connectivity index (χ4v) is 3.88. The average Bonchev–Trinajstić information content (AvgIpc) is 2.76. The Morgan fingerprint density at radius 1 is 1.29 bits per heavy atom. The number of rotatable bonds is 7. The van der Waals surface area contributed by atoms with Gasteiger partial charge in [0.25, 0.3) is 11.6 Å². The first-order valence-corrected chi connectivity index (χ1v) is 10.7. The Morgan fingerprint density at radius 3 is 2.74 bits per heavy atom. The van der Waals surface area contributed by atoms with Crippen molar-refractivity contribution in [3.05, 3.63) is 73.2 Å². The van der Waals surface area contributed by atoms with Crippen LogP contribution in [0, 0.1) is 10.1 Å². The lowest BCUT2D eigenvalue weighted by Crippen LogP contribution is -2.35. The van der Waals surface area contributed by atoms with Gasteiger partial charge in [0.05, 0.1) is 20.1 Å². The number of ether oxygens (including phenoxy) is 1. The highest BCUT2D eigenvalue weighted by molar-refractivity contribution is 9.11. The van der Waals surface area contributed by atoms with Crippen LogP contribution >= 0.6 is 31.9 Å². The van der Waals surface area contributed by atoms with Gasteiger partial charge >= 0.3 is 0 Å². The quantitative estimate of drug-likeness (QED) is 0.236. The number of hydrogen-bond donors (Lipinski definition) is 2. The molecule has 0 bridgehead atoms. The average molecular weight is 551 g/mol. The fourth-order valence-electron chi connectivity index (χ4n) is 2.83. The van der Waals surface area contributed by atoms with Crippen molar-refractivity contribution in [2.75, 3.05) is 0 Å². The van der Waals surface area contributed by atoms with Crippen molar-refractivity contribution in [3.63, 3.8) is 0 Å². The molecule has 0 aliphatic carbocycles. The summed E-state index contributed by atoms with van der Waals surface area (Å²) >= 11 is 6.58. The third kappa shape index (κ3) is 5.20. The van der Waals surface area contributed by atoms with Crippen molar-refractivity contribution in [3.8, 4) is 11.5 Å². The molecular formula is C21H17Br2N3O5. The predicted molar refractivity (Wildman–Crippen MR) is 125 cm³/mol. The highest BCUT2D eigenvalue weighted by Gasteiger charge is 2.20. The molecule has 0 spiro atoms. The molecule has 0 fully saturated rings. The highest BCUT2D eigenvalue weighted by atomic mass is 79.9. The SMILES string of the molecule is CCC(Oc1ccc2ccccc2c1Br)C(=O)N/N=C/c1cc([N+](=O)[O-])cc(Br)c1O. The largest absolute Gasteiger partial charge is 0.506 e. The Hall–Kier alpha value is -2.98. The molecule has 1 atom stereocenters. The Morgan fingerprint density at radius 2 is 2.03 bits per heavy atom. The molecule has 3 aromatic rings. The summed E-state index contributed by atoms with van der Waals surface area (Å²) in [4.78, 5) is 22.9. The number of amides is 1. The molecule has 0 heterocycles. The number of phenolic OH excluding ortho intramolecular Hbond substituents is 1.